The van der Waals surface area contributed by atoms with E-state index in [1.165, 1.54) is 12.8 Å². The molecule has 1 aliphatic rings. The number of H-pyrrole nitrogens is 1. The molecule has 1 aromatic heterocycles. The van der Waals surface area contributed by atoms with Gasteiger partial charge in [0.25, 0.3) is 0 Å². The van der Waals surface area contributed by atoms with E-state index in [2.05, 4.69) is 15.2 Å². The van der Waals surface area contributed by atoms with Gasteiger partial charge in [0, 0.05) is 18.3 Å². The average Bonchev–Trinajstić information content (AvgIpc) is 2.99. The average molecular weight is 227 g/mol. The van der Waals surface area contributed by atoms with Gasteiger partial charge >= 0.3 is 0 Å². The topological polar surface area (TPSA) is 61.8 Å². The Kier molecular flexibility index (Phi) is 4.02. The molecule has 15 heavy (non-hydrogen) atoms. The predicted octanol–water partition coefficient (Wildman–Crippen LogP) is 1.94. The molecule has 0 aromatic carbocycles. The van der Waals surface area contributed by atoms with Gasteiger partial charge in [-0.05, 0) is 25.7 Å². The quantitative estimate of drug-likeness (QED) is 0.552. The molecule has 1 aromatic rings. The zero-order valence-corrected chi connectivity index (χ0v) is 9.59. The summed E-state index contributed by atoms with van der Waals surface area (Å²) in [5.74, 6) is 2.76. The number of hydrogen-bond donors (Lipinski definition) is 2. The molecule has 0 spiro atoms. The molecule has 2 rings (SSSR count). The number of aromatic nitrogens is 3. The Hall–Kier alpha value is -0.550. The van der Waals surface area contributed by atoms with E-state index in [-0.39, 0.29) is 0 Å². The van der Waals surface area contributed by atoms with Gasteiger partial charge in [-0.25, -0.2) is 4.98 Å². The Morgan fingerprint density at radius 1 is 1.33 bits per heavy atom. The molecule has 0 bridgehead atoms. The highest BCUT2D eigenvalue weighted by Gasteiger charge is 2.26. The molecule has 0 amide bonds. The van der Waals surface area contributed by atoms with Gasteiger partial charge in [0.2, 0.25) is 5.16 Å². The van der Waals surface area contributed by atoms with Crippen molar-refractivity contribution in [3.05, 3.63) is 5.82 Å². The highest BCUT2D eigenvalue weighted by molar-refractivity contribution is 7.99. The first-order chi connectivity index (χ1) is 7.40. The Morgan fingerprint density at radius 2 is 2.20 bits per heavy atom. The maximum atomic E-state index is 8.62. The van der Waals surface area contributed by atoms with E-state index in [1.807, 2.05) is 0 Å². The van der Waals surface area contributed by atoms with Crippen molar-refractivity contribution in [1.82, 2.24) is 15.2 Å². The van der Waals surface area contributed by atoms with Gasteiger partial charge < -0.3 is 5.11 Å². The zero-order valence-electron chi connectivity index (χ0n) is 8.78. The monoisotopic (exact) mass is 227 g/mol. The third-order valence-corrected chi connectivity index (χ3v) is 3.41. The number of rotatable bonds is 7. The fraction of sp³-hybridized carbons (Fsp3) is 0.800. The van der Waals surface area contributed by atoms with E-state index in [0.717, 1.165) is 36.0 Å². The van der Waals surface area contributed by atoms with Gasteiger partial charge in [-0.1, -0.05) is 18.2 Å². The minimum absolute atomic E-state index is 0.303. The summed E-state index contributed by atoms with van der Waals surface area (Å²) in [7, 11) is 0. The first kappa shape index (κ1) is 11.0. The lowest BCUT2D eigenvalue weighted by molar-refractivity contribution is 0.284. The summed E-state index contributed by atoms with van der Waals surface area (Å²) in [6, 6.07) is 0. The first-order valence-corrected chi connectivity index (χ1v) is 6.54. The van der Waals surface area contributed by atoms with Gasteiger partial charge in [0.1, 0.15) is 5.82 Å². The van der Waals surface area contributed by atoms with E-state index >= 15 is 0 Å². The van der Waals surface area contributed by atoms with Gasteiger partial charge in [0.15, 0.2) is 0 Å². The lowest BCUT2D eigenvalue weighted by Crippen LogP contribution is -1.86. The van der Waals surface area contributed by atoms with Gasteiger partial charge in [0.05, 0.1) is 0 Å². The number of nitrogens with zero attached hydrogens (tertiary/aromatic N) is 2. The summed E-state index contributed by atoms with van der Waals surface area (Å²) in [6.45, 7) is 0.303. The third kappa shape index (κ3) is 3.50. The van der Waals surface area contributed by atoms with Crippen LogP contribution in [0.2, 0.25) is 0 Å². The van der Waals surface area contributed by atoms with Crippen molar-refractivity contribution < 1.29 is 5.11 Å². The van der Waals surface area contributed by atoms with E-state index in [4.69, 9.17) is 5.11 Å². The standard InChI is InChI=1S/C10H17N3OS/c14-6-2-1-3-7-15-10-11-9(12-13-10)8-4-5-8/h8,14H,1-7H2,(H,11,12,13). The first-order valence-electron chi connectivity index (χ1n) is 5.56. The van der Waals surface area contributed by atoms with Crippen LogP contribution in [0.4, 0.5) is 0 Å². The normalized spacial score (nSPS) is 15.8. The highest BCUT2D eigenvalue weighted by atomic mass is 32.2. The molecule has 1 saturated carbocycles. The maximum Gasteiger partial charge on any atom is 0.208 e. The van der Waals surface area contributed by atoms with Crippen LogP contribution >= 0.6 is 11.8 Å². The molecule has 4 nitrogen and oxygen atoms in total. The summed E-state index contributed by atoms with van der Waals surface area (Å²) in [4.78, 5) is 4.44. The number of aliphatic hydroxyl groups excluding tert-OH is 1. The van der Waals surface area contributed by atoms with E-state index in [1.54, 1.807) is 11.8 Å². The number of unbranched alkanes of at least 4 members (excludes halogenated alkanes) is 2. The molecule has 0 unspecified atom stereocenters. The molecule has 5 heteroatoms. The molecule has 0 aliphatic heterocycles. The predicted molar refractivity (Wildman–Crippen MR) is 60.0 cm³/mol. The fourth-order valence-electron chi connectivity index (χ4n) is 1.42. The lowest BCUT2D eigenvalue weighted by Gasteiger charge is -1.95. The van der Waals surface area contributed by atoms with Gasteiger partial charge in [-0.15, -0.1) is 5.10 Å². The van der Waals surface area contributed by atoms with Crippen LogP contribution in [0.15, 0.2) is 5.16 Å². The molecule has 84 valence electrons. The van der Waals surface area contributed by atoms with Crippen molar-refractivity contribution in [1.29, 1.82) is 0 Å². The van der Waals surface area contributed by atoms with Crippen molar-refractivity contribution in [2.24, 2.45) is 0 Å². The van der Waals surface area contributed by atoms with Crippen LogP contribution in [-0.2, 0) is 0 Å². The Labute approximate surface area is 93.9 Å². The Bertz CT molecular complexity index is 299. The number of thioether (sulfide) groups is 1. The van der Waals surface area contributed by atoms with Crippen molar-refractivity contribution in [2.75, 3.05) is 12.4 Å². The van der Waals surface area contributed by atoms with E-state index in [0.29, 0.717) is 12.5 Å². The maximum absolute atomic E-state index is 8.62. The third-order valence-electron chi connectivity index (χ3n) is 2.48. The molecule has 0 saturated heterocycles. The van der Waals surface area contributed by atoms with E-state index < -0.39 is 0 Å². The molecule has 0 atom stereocenters. The second-order valence-electron chi connectivity index (χ2n) is 3.91. The number of aromatic amines is 1. The van der Waals surface area contributed by atoms with Crippen LogP contribution in [0, 0.1) is 0 Å². The highest BCUT2D eigenvalue weighted by Crippen LogP contribution is 2.38. The number of nitrogens with one attached hydrogen (secondary N) is 1. The van der Waals surface area contributed by atoms with Crippen molar-refractivity contribution in [3.8, 4) is 0 Å². The van der Waals surface area contributed by atoms with Crippen LogP contribution in [0.1, 0.15) is 43.8 Å². The van der Waals surface area contributed by atoms with Crippen LogP contribution in [-0.4, -0.2) is 32.6 Å². The molecular formula is C10H17N3OS. The van der Waals surface area contributed by atoms with Crippen molar-refractivity contribution in [2.45, 2.75) is 43.2 Å². The molecule has 0 radical (unpaired) electrons. The second-order valence-corrected chi connectivity index (χ2v) is 4.97. The van der Waals surface area contributed by atoms with Crippen LogP contribution in [0.3, 0.4) is 0 Å². The van der Waals surface area contributed by atoms with Crippen molar-refractivity contribution in [3.63, 3.8) is 0 Å². The van der Waals surface area contributed by atoms with Crippen LogP contribution < -0.4 is 0 Å². The number of aliphatic hydroxyl groups is 1. The molecule has 1 aliphatic carbocycles. The SMILES string of the molecule is OCCCCCSc1n[nH]c(C2CC2)n1. The summed E-state index contributed by atoms with van der Waals surface area (Å²) in [5, 5.41) is 16.7. The largest absolute Gasteiger partial charge is 0.396 e. The Morgan fingerprint density at radius 3 is 2.93 bits per heavy atom. The smallest absolute Gasteiger partial charge is 0.208 e. The number of hydrogen-bond acceptors (Lipinski definition) is 4. The van der Waals surface area contributed by atoms with Gasteiger partial charge in [-0.2, -0.15) is 0 Å². The molecule has 1 heterocycles. The lowest BCUT2D eigenvalue weighted by atomic mass is 10.3. The summed E-state index contributed by atoms with van der Waals surface area (Å²) in [6.07, 6.45) is 5.63. The van der Waals surface area contributed by atoms with E-state index in [9.17, 15) is 0 Å². The fourth-order valence-corrected chi connectivity index (χ4v) is 2.22. The Balaban J connectivity index is 1.64. The minimum atomic E-state index is 0.303. The molecular weight excluding hydrogens is 210 g/mol. The van der Waals surface area contributed by atoms with Crippen LogP contribution in [0.5, 0.6) is 0 Å². The minimum Gasteiger partial charge on any atom is -0.396 e. The zero-order chi connectivity index (χ0) is 10.5. The summed E-state index contributed by atoms with van der Waals surface area (Å²) < 4.78 is 0. The summed E-state index contributed by atoms with van der Waals surface area (Å²) >= 11 is 1.70. The molecule has 1 fully saturated rings. The summed E-state index contributed by atoms with van der Waals surface area (Å²) in [5.41, 5.74) is 0. The molecule has 2 N–H and O–H groups in total. The van der Waals surface area contributed by atoms with Crippen molar-refractivity contribution >= 4 is 11.8 Å². The second kappa shape index (κ2) is 5.51. The van der Waals surface area contributed by atoms with Crippen LogP contribution in [0.25, 0.3) is 0 Å². The van der Waals surface area contributed by atoms with Gasteiger partial charge in [-0.3, -0.25) is 5.10 Å².